The minimum absolute atomic E-state index is 0.00218. The van der Waals surface area contributed by atoms with Crippen molar-refractivity contribution in [3.63, 3.8) is 0 Å². The van der Waals surface area contributed by atoms with Gasteiger partial charge in [-0.2, -0.15) is 0 Å². The van der Waals surface area contributed by atoms with Gasteiger partial charge in [0, 0.05) is 124 Å². The summed E-state index contributed by atoms with van der Waals surface area (Å²) in [5.74, 6) is 1.11. The molecule has 16 nitrogen and oxygen atoms in total. The molecule has 4 atom stereocenters. The van der Waals surface area contributed by atoms with Gasteiger partial charge in [-0.3, -0.25) is 52.8 Å². The van der Waals surface area contributed by atoms with Crippen LogP contribution in [0.5, 0.6) is 11.5 Å². The molecule has 16 heteroatoms. The Bertz CT molecular complexity index is 3040. The SMILES string of the molecule is C=CC1(C)CCC(=O)N1OC.CC1=C(C)C(=O)C(CCC2(C)CCC(=O)C2)=C(C)C1=O.CC1=C(C)C(=O)C(CCC2(C)CCC(=O)N2C)=C(C)C1=O.CC1=C(C)C(=O)C(CCC2(C)CCC(=O)N2C)=C(C)C1=O.Cc1cc(O)c(C)c(C)c1O. The van der Waals surface area contributed by atoms with E-state index in [-0.39, 0.29) is 86.0 Å². The number of phenolic OH excluding ortho intramolecular Hbond substituents is 2. The van der Waals surface area contributed by atoms with Crippen molar-refractivity contribution in [1.29, 1.82) is 0 Å². The molecule has 3 aliphatic heterocycles. The lowest BCUT2D eigenvalue weighted by atomic mass is 9.78. The molecule has 7 aliphatic rings. The fraction of sp³-hybridized carbons (Fsp3) is 0.559. The van der Waals surface area contributed by atoms with Crippen molar-refractivity contribution < 1.29 is 63.0 Å². The Morgan fingerprint density at radius 1 is 0.488 bits per heavy atom. The molecule has 4 aliphatic carbocycles. The van der Waals surface area contributed by atoms with E-state index in [9.17, 15) is 58.2 Å². The Morgan fingerprint density at radius 3 is 1.15 bits per heavy atom. The highest BCUT2D eigenvalue weighted by Gasteiger charge is 2.43. The summed E-state index contributed by atoms with van der Waals surface area (Å²) in [6, 6.07) is 1.57. The van der Waals surface area contributed by atoms with Crippen LogP contribution < -0.4 is 0 Å². The second-order valence-electron chi connectivity index (χ2n) is 25.2. The lowest BCUT2D eigenvalue weighted by molar-refractivity contribution is -0.185. The van der Waals surface area contributed by atoms with E-state index in [1.165, 1.54) is 12.2 Å². The number of carbonyl (C=O) groups excluding carboxylic acids is 10. The predicted octanol–water partition coefficient (Wildman–Crippen LogP) is 11.6. The first-order valence-electron chi connectivity index (χ1n) is 29.2. The monoisotopic (exact) mass is 1160 g/mol. The number of hydroxylamine groups is 2. The zero-order valence-corrected chi connectivity index (χ0v) is 53.7. The first kappa shape index (κ1) is 69.6. The van der Waals surface area contributed by atoms with Crippen molar-refractivity contribution in [3.8, 4) is 11.5 Å². The summed E-state index contributed by atoms with van der Waals surface area (Å²) >= 11 is 0. The van der Waals surface area contributed by atoms with Crippen LogP contribution in [0.25, 0.3) is 0 Å². The number of amides is 3. The van der Waals surface area contributed by atoms with Crippen molar-refractivity contribution in [2.45, 2.75) is 224 Å². The Hall–Kier alpha value is -6.94. The van der Waals surface area contributed by atoms with Gasteiger partial charge in [0.2, 0.25) is 17.7 Å². The smallest absolute Gasteiger partial charge is 0.247 e. The third kappa shape index (κ3) is 14.8. The molecule has 0 bridgehead atoms. The van der Waals surface area contributed by atoms with Gasteiger partial charge in [0.25, 0.3) is 0 Å². The normalized spacial score (nSPS) is 25.7. The van der Waals surface area contributed by atoms with Gasteiger partial charge in [-0.25, -0.2) is 5.06 Å². The van der Waals surface area contributed by atoms with Crippen molar-refractivity contribution >= 4 is 58.2 Å². The predicted molar refractivity (Wildman–Crippen MR) is 324 cm³/mol. The van der Waals surface area contributed by atoms with Crippen LogP contribution in [-0.2, 0) is 52.8 Å². The van der Waals surface area contributed by atoms with Crippen molar-refractivity contribution in [3.05, 3.63) is 102 Å². The number of nitrogens with zero attached hydrogens (tertiary/aromatic N) is 3. The number of phenols is 2. The number of aromatic hydroxyl groups is 2. The summed E-state index contributed by atoms with van der Waals surface area (Å²) in [4.78, 5) is 128. The number of benzene rings is 1. The molecule has 3 saturated heterocycles. The molecular weight excluding hydrogens is 1070 g/mol. The number of ketones is 7. The van der Waals surface area contributed by atoms with E-state index in [0.29, 0.717) is 142 Å². The number of hydrogen-bond donors (Lipinski definition) is 2. The molecule has 458 valence electrons. The van der Waals surface area contributed by atoms with Crippen LogP contribution in [0.15, 0.2) is 85.6 Å². The minimum atomic E-state index is -0.300. The number of aryl methyl sites for hydroxylation is 1. The molecule has 1 aromatic carbocycles. The van der Waals surface area contributed by atoms with E-state index in [4.69, 9.17) is 4.84 Å². The number of rotatable bonds is 11. The topological polar surface area (TPSA) is 230 Å². The third-order valence-corrected chi connectivity index (χ3v) is 19.7. The maximum absolute atomic E-state index is 12.4. The quantitative estimate of drug-likeness (QED) is 0.119. The first-order chi connectivity index (χ1) is 38.8. The summed E-state index contributed by atoms with van der Waals surface area (Å²) in [6.45, 7) is 32.7. The molecule has 4 unspecified atom stereocenters. The Morgan fingerprint density at radius 2 is 0.845 bits per heavy atom. The number of carbonyl (C=O) groups is 10. The molecular formula is C68H93N3O13. The molecule has 1 saturated carbocycles. The summed E-state index contributed by atoms with van der Waals surface area (Å²) in [6.07, 6.45) is 11.9. The van der Waals surface area contributed by atoms with Gasteiger partial charge in [-0.1, -0.05) is 13.0 Å². The van der Waals surface area contributed by atoms with Crippen LogP contribution in [0, 0.1) is 26.2 Å². The molecule has 1 aromatic rings. The molecule has 0 radical (unpaired) electrons. The standard InChI is InChI=1S/2C17H23NO3.C17H22O3.C9H12O2.C8H13NO2/c2*1-10-11(2)16(21)13(12(3)15(10)20)6-8-17(4)9-7-14(19)18(17)5;1-10-11(2)16(20)14(12(3)15(10)19)6-8-17(4)7-5-13(18)9-17;1-5-4-8(10)6(2)7(3)9(5)11;1-4-8(2)6-5-7(10)9(8)11-3/h2*6-9H2,1-5H3;5-9H2,1-4H3;4,10-11H,1-3H3;4H,1,5-6H2,2-3H3. The zero-order chi connectivity index (χ0) is 64.0. The molecule has 0 spiro atoms. The maximum atomic E-state index is 12.4. The van der Waals surface area contributed by atoms with Gasteiger partial charge in [-0.15, -0.1) is 6.58 Å². The number of allylic oxidation sites excluding steroid dienone is 12. The number of hydrogen-bond acceptors (Lipinski definition) is 13. The molecule has 8 rings (SSSR count). The lowest BCUT2D eigenvalue weighted by Crippen LogP contribution is -2.40. The van der Waals surface area contributed by atoms with Gasteiger partial charge in [-0.05, 0) is 196 Å². The van der Waals surface area contributed by atoms with Crippen molar-refractivity contribution in [2.24, 2.45) is 5.41 Å². The van der Waals surface area contributed by atoms with E-state index < -0.39 is 0 Å². The van der Waals surface area contributed by atoms with Crippen LogP contribution in [0.3, 0.4) is 0 Å². The highest BCUT2D eigenvalue weighted by molar-refractivity contribution is 6.26. The average molecular weight is 1160 g/mol. The molecule has 3 heterocycles. The van der Waals surface area contributed by atoms with Crippen LogP contribution in [0.1, 0.15) is 203 Å². The van der Waals surface area contributed by atoms with E-state index in [2.05, 4.69) is 27.4 Å². The van der Waals surface area contributed by atoms with Crippen LogP contribution in [-0.4, -0.2) is 121 Å². The maximum Gasteiger partial charge on any atom is 0.247 e. The van der Waals surface area contributed by atoms with Crippen LogP contribution >= 0.6 is 0 Å². The van der Waals surface area contributed by atoms with Gasteiger partial charge in [0.15, 0.2) is 34.7 Å². The summed E-state index contributed by atoms with van der Waals surface area (Å²) in [7, 11) is 5.14. The largest absolute Gasteiger partial charge is 0.508 e. The highest BCUT2D eigenvalue weighted by Crippen LogP contribution is 2.42. The van der Waals surface area contributed by atoms with E-state index in [0.717, 1.165) is 43.2 Å². The average Bonchev–Trinajstić information content (AvgIpc) is 4.23. The Kier molecular flexibility index (Phi) is 22.7. The van der Waals surface area contributed by atoms with Crippen LogP contribution in [0.4, 0.5) is 0 Å². The number of Topliss-reactive ketones (excluding diaryl/α,β-unsaturated/α-hetero) is 7. The summed E-state index contributed by atoms with van der Waals surface area (Å²) in [5.41, 5.74) is 8.47. The Balaban J connectivity index is 0.000000231. The number of likely N-dealkylation sites (tertiary alicyclic amines) is 2. The van der Waals surface area contributed by atoms with Gasteiger partial charge < -0.3 is 20.0 Å². The molecule has 84 heavy (non-hydrogen) atoms. The van der Waals surface area contributed by atoms with Crippen molar-refractivity contribution in [1.82, 2.24) is 14.9 Å². The summed E-state index contributed by atoms with van der Waals surface area (Å²) in [5, 5.41) is 20.1. The molecule has 2 N–H and O–H groups in total. The Labute approximate surface area is 498 Å². The second kappa shape index (κ2) is 27.4. The first-order valence-corrected chi connectivity index (χ1v) is 29.2. The lowest BCUT2D eigenvalue weighted by Gasteiger charge is -2.33. The van der Waals surface area contributed by atoms with Gasteiger partial charge in [0.1, 0.15) is 17.3 Å². The molecule has 3 amide bonds. The summed E-state index contributed by atoms with van der Waals surface area (Å²) < 4.78 is 0. The third-order valence-electron chi connectivity index (χ3n) is 19.7. The molecule has 4 fully saturated rings. The fourth-order valence-corrected chi connectivity index (χ4v) is 11.9. The van der Waals surface area contributed by atoms with E-state index in [1.54, 1.807) is 105 Å². The highest BCUT2D eigenvalue weighted by atomic mass is 16.7. The van der Waals surface area contributed by atoms with Gasteiger partial charge >= 0.3 is 0 Å². The van der Waals surface area contributed by atoms with Crippen molar-refractivity contribution in [2.75, 3.05) is 21.2 Å². The minimum Gasteiger partial charge on any atom is -0.508 e. The van der Waals surface area contributed by atoms with E-state index in [1.807, 2.05) is 21.0 Å². The second-order valence-corrected chi connectivity index (χ2v) is 25.2. The van der Waals surface area contributed by atoms with Crippen LogP contribution in [0.2, 0.25) is 0 Å². The van der Waals surface area contributed by atoms with E-state index >= 15 is 0 Å². The molecule has 0 aromatic heterocycles. The van der Waals surface area contributed by atoms with Gasteiger partial charge in [0.05, 0.1) is 12.6 Å². The fourth-order valence-electron chi connectivity index (χ4n) is 11.9. The zero-order valence-electron chi connectivity index (χ0n) is 53.7.